The van der Waals surface area contributed by atoms with E-state index in [0.717, 1.165) is 17.8 Å². The van der Waals surface area contributed by atoms with E-state index in [-0.39, 0.29) is 22.6 Å². The van der Waals surface area contributed by atoms with E-state index < -0.39 is 17.7 Å². The minimum atomic E-state index is -0.750. The Bertz CT molecular complexity index is 1130. The van der Waals surface area contributed by atoms with Crippen molar-refractivity contribution in [3.05, 3.63) is 58.1 Å². The molecule has 1 aliphatic heterocycles. The second-order valence-corrected chi connectivity index (χ2v) is 9.23. The van der Waals surface area contributed by atoms with Crippen LogP contribution in [0.1, 0.15) is 23.6 Å². The summed E-state index contributed by atoms with van der Waals surface area (Å²) < 4.78 is 10.7. The van der Waals surface area contributed by atoms with Crippen LogP contribution in [0.25, 0.3) is 5.76 Å². The monoisotopic (exact) mass is 501 g/mol. The predicted molar refractivity (Wildman–Crippen MR) is 138 cm³/mol. The number of aliphatic hydroxyl groups excluding tert-OH is 1. The van der Waals surface area contributed by atoms with Gasteiger partial charge in [0.25, 0.3) is 11.7 Å². The quantitative estimate of drug-likeness (QED) is 0.318. The summed E-state index contributed by atoms with van der Waals surface area (Å²) in [7, 11) is 10.7. The van der Waals surface area contributed by atoms with Gasteiger partial charge in [0.15, 0.2) is 0 Å². The highest BCUT2D eigenvalue weighted by atomic mass is 35.5. The molecule has 0 spiro atoms. The van der Waals surface area contributed by atoms with Crippen molar-refractivity contribution in [1.29, 1.82) is 0 Å². The smallest absolute Gasteiger partial charge is 0.295 e. The Morgan fingerprint density at radius 2 is 1.66 bits per heavy atom. The van der Waals surface area contributed by atoms with Crippen LogP contribution in [0.15, 0.2) is 42.0 Å². The fourth-order valence-electron chi connectivity index (χ4n) is 4.16. The van der Waals surface area contributed by atoms with Crippen molar-refractivity contribution in [2.24, 2.45) is 0 Å². The van der Waals surface area contributed by atoms with Gasteiger partial charge in [-0.2, -0.15) is 0 Å². The molecular weight excluding hydrogens is 470 g/mol. The Kier molecular flexibility index (Phi) is 8.30. The zero-order chi connectivity index (χ0) is 25.9. The number of amides is 1. The molecule has 188 valence electrons. The largest absolute Gasteiger partial charge is 0.507 e. The van der Waals surface area contributed by atoms with E-state index in [2.05, 4.69) is 0 Å². The number of rotatable bonds is 9. The molecule has 8 nitrogen and oxygen atoms in total. The summed E-state index contributed by atoms with van der Waals surface area (Å²) in [5.74, 6) is -1.17. The Hall–Kier alpha value is -3.23. The second-order valence-electron chi connectivity index (χ2n) is 8.82. The number of nitrogens with zero attached hydrogens (tertiary/aromatic N) is 3. The zero-order valence-corrected chi connectivity index (χ0v) is 21.7. The maximum atomic E-state index is 13.3. The molecule has 35 heavy (non-hydrogen) atoms. The predicted octanol–water partition coefficient (Wildman–Crippen LogP) is 3.80. The highest BCUT2D eigenvalue weighted by Crippen LogP contribution is 2.43. The summed E-state index contributed by atoms with van der Waals surface area (Å²) in [5.41, 5.74) is 1.92. The number of carbonyl (C=O) groups excluding carboxylic acids is 2. The molecule has 1 aliphatic rings. The van der Waals surface area contributed by atoms with Gasteiger partial charge < -0.3 is 29.3 Å². The number of halogens is 1. The van der Waals surface area contributed by atoms with Crippen molar-refractivity contribution in [1.82, 2.24) is 9.80 Å². The molecule has 1 fully saturated rings. The van der Waals surface area contributed by atoms with Crippen LogP contribution in [-0.2, 0) is 9.59 Å². The molecule has 2 aromatic rings. The first-order chi connectivity index (χ1) is 16.6. The number of methoxy groups -OCH3 is 2. The molecule has 0 aromatic heterocycles. The lowest BCUT2D eigenvalue weighted by Gasteiger charge is -2.26. The molecule has 1 unspecified atom stereocenters. The first kappa shape index (κ1) is 26.4. The summed E-state index contributed by atoms with van der Waals surface area (Å²) in [6.07, 6.45) is 0.671. The van der Waals surface area contributed by atoms with E-state index in [0.29, 0.717) is 23.7 Å². The number of Topliss-reactive ketones (excluding diaryl/α,β-unsaturated/α-hetero) is 1. The van der Waals surface area contributed by atoms with Crippen LogP contribution < -0.4 is 14.4 Å². The molecule has 1 atom stereocenters. The van der Waals surface area contributed by atoms with Crippen LogP contribution in [0.2, 0.25) is 5.02 Å². The number of likely N-dealkylation sites (tertiary alicyclic amines) is 1. The minimum absolute atomic E-state index is 0.000122. The molecule has 2 aromatic carbocycles. The number of hydrogen-bond donors (Lipinski definition) is 1. The van der Waals surface area contributed by atoms with Crippen LogP contribution in [0.4, 0.5) is 5.69 Å². The molecule has 1 saturated heterocycles. The van der Waals surface area contributed by atoms with Crippen molar-refractivity contribution >= 4 is 34.7 Å². The van der Waals surface area contributed by atoms with Crippen LogP contribution in [0, 0.1) is 0 Å². The van der Waals surface area contributed by atoms with Gasteiger partial charge in [0.1, 0.15) is 17.3 Å². The zero-order valence-electron chi connectivity index (χ0n) is 21.0. The Labute approximate surface area is 211 Å². The van der Waals surface area contributed by atoms with Crippen molar-refractivity contribution in [3.8, 4) is 11.5 Å². The van der Waals surface area contributed by atoms with Gasteiger partial charge in [0, 0.05) is 32.4 Å². The summed E-state index contributed by atoms with van der Waals surface area (Å²) in [6.45, 7) is 1.11. The van der Waals surface area contributed by atoms with Crippen LogP contribution in [-0.4, -0.2) is 82.1 Å². The maximum Gasteiger partial charge on any atom is 0.295 e. The Morgan fingerprint density at radius 1 is 1.03 bits per heavy atom. The highest BCUT2D eigenvalue weighted by molar-refractivity contribution is 6.46. The Balaban J connectivity index is 2.19. The number of hydrogen-bond acceptors (Lipinski definition) is 7. The van der Waals surface area contributed by atoms with E-state index in [1.165, 1.54) is 31.3 Å². The van der Waals surface area contributed by atoms with E-state index in [1.54, 1.807) is 0 Å². The topological polar surface area (TPSA) is 82.5 Å². The third kappa shape index (κ3) is 5.39. The van der Waals surface area contributed by atoms with Crippen molar-refractivity contribution < 1.29 is 24.2 Å². The molecule has 0 saturated carbocycles. The van der Waals surface area contributed by atoms with E-state index in [4.69, 9.17) is 21.1 Å². The lowest BCUT2D eigenvalue weighted by atomic mass is 9.94. The molecule has 3 rings (SSSR count). The third-order valence-electron chi connectivity index (χ3n) is 6.00. The number of benzene rings is 2. The average molecular weight is 502 g/mol. The average Bonchev–Trinajstić information content (AvgIpc) is 3.08. The second kappa shape index (κ2) is 11.0. The van der Waals surface area contributed by atoms with Crippen molar-refractivity contribution in [2.75, 3.05) is 60.4 Å². The van der Waals surface area contributed by atoms with Crippen molar-refractivity contribution in [3.63, 3.8) is 0 Å². The number of anilines is 1. The van der Waals surface area contributed by atoms with E-state index in [1.807, 2.05) is 62.3 Å². The molecule has 1 amide bonds. The van der Waals surface area contributed by atoms with Gasteiger partial charge in [-0.15, -0.1) is 0 Å². The first-order valence-corrected chi connectivity index (χ1v) is 11.6. The number of ketones is 1. The molecular formula is C26H32ClN3O5. The molecule has 0 aliphatic carbocycles. The van der Waals surface area contributed by atoms with Gasteiger partial charge in [-0.3, -0.25) is 9.59 Å². The van der Waals surface area contributed by atoms with Crippen molar-refractivity contribution in [2.45, 2.75) is 12.5 Å². The lowest BCUT2D eigenvalue weighted by molar-refractivity contribution is -0.139. The van der Waals surface area contributed by atoms with Gasteiger partial charge in [-0.05, 0) is 50.8 Å². The van der Waals surface area contributed by atoms with E-state index in [9.17, 15) is 14.7 Å². The minimum Gasteiger partial charge on any atom is -0.507 e. The summed E-state index contributed by atoms with van der Waals surface area (Å²) in [4.78, 5) is 31.9. The van der Waals surface area contributed by atoms with Gasteiger partial charge in [0.2, 0.25) is 0 Å². The standard InChI is InChI=1S/C26H32ClN3O5/c1-28(2)12-7-13-30-23(16-8-10-17(11-9-16)29(3)4)22(25(32)26(30)33)24(31)18-14-21(35-6)19(27)15-20(18)34-5/h8-11,14-15,23,31H,7,12-13H2,1-6H3/b24-22+. The molecule has 1 N–H and O–H groups in total. The highest BCUT2D eigenvalue weighted by Gasteiger charge is 2.46. The molecule has 0 radical (unpaired) electrons. The first-order valence-electron chi connectivity index (χ1n) is 11.2. The fourth-order valence-corrected chi connectivity index (χ4v) is 4.39. The maximum absolute atomic E-state index is 13.3. The van der Waals surface area contributed by atoms with E-state index >= 15 is 0 Å². The number of ether oxygens (including phenoxy) is 2. The number of aliphatic hydroxyl groups is 1. The number of carbonyl (C=O) groups is 2. The third-order valence-corrected chi connectivity index (χ3v) is 6.29. The summed E-state index contributed by atoms with van der Waals surface area (Å²) in [6, 6.07) is 9.84. The fraction of sp³-hybridized carbons (Fsp3) is 0.385. The Morgan fingerprint density at radius 3 is 2.20 bits per heavy atom. The summed E-state index contributed by atoms with van der Waals surface area (Å²) in [5, 5.41) is 11.7. The van der Waals surface area contributed by atoms with Crippen LogP contribution in [0.5, 0.6) is 11.5 Å². The van der Waals surface area contributed by atoms with Gasteiger partial charge in [0.05, 0.1) is 36.4 Å². The SMILES string of the molecule is COc1cc(/C(O)=C2\C(=O)C(=O)N(CCCN(C)C)C2c2ccc(N(C)C)cc2)c(OC)cc1Cl. The summed E-state index contributed by atoms with van der Waals surface area (Å²) >= 11 is 6.23. The molecule has 1 heterocycles. The van der Waals surface area contributed by atoms with Crippen LogP contribution in [0.3, 0.4) is 0 Å². The molecule has 9 heteroatoms. The molecule has 0 bridgehead atoms. The normalized spacial score (nSPS) is 17.3. The van der Waals surface area contributed by atoms with Gasteiger partial charge >= 0.3 is 0 Å². The van der Waals surface area contributed by atoms with Crippen LogP contribution >= 0.6 is 11.6 Å². The van der Waals surface area contributed by atoms with Gasteiger partial charge in [-0.25, -0.2) is 0 Å². The lowest BCUT2D eigenvalue weighted by Crippen LogP contribution is -2.32. The van der Waals surface area contributed by atoms with Gasteiger partial charge in [-0.1, -0.05) is 23.7 Å².